The summed E-state index contributed by atoms with van der Waals surface area (Å²) in [4.78, 5) is 19.1. The standard InChI is InChI=1S/C13H18N4O2/c1-8-9(5-6-14-8)11(18)15-7-10-16-12(17-19-10)13(2,3)4/h5-6,14H,7H2,1-4H3,(H,15,18). The van der Waals surface area contributed by atoms with Gasteiger partial charge < -0.3 is 14.8 Å². The summed E-state index contributed by atoms with van der Waals surface area (Å²) < 4.78 is 5.11. The molecule has 2 aromatic rings. The van der Waals surface area contributed by atoms with Gasteiger partial charge in [0.25, 0.3) is 5.91 Å². The number of carbonyl (C=O) groups excluding carboxylic acids is 1. The number of carbonyl (C=O) groups is 1. The molecule has 0 saturated heterocycles. The molecule has 0 spiro atoms. The molecule has 0 bridgehead atoms. The van der Waals surface area contributed by atoms with Gasteiger partial charge in [0.15, 0.2) is 5.82 Å². The Kier molecular flexibility index (Phi) is 3.42. The smallest absolute Gasteiger partial charge is 0.253 e. The SMILES string of the molecule is Cc1[nH]ccc1C(=O)NCc1nc(C(C)(C)C)no1. The van der Waals surface area contributed by atoms with Gasteiger partial charge in [-0.1, -0.05) is 25.9 Å². The third kappa shape index (κ3) is 3.01. The quantitative estimate of drug-likeness (QED) is 0.885. The molecule has 0 atom stereocenters. The van der Waals surface area contributed by atoms with Gasteiger partial charge in [-0.25, -0.2) is 0 Å². The second kappa shape index (κ2) is 4.87. The van der Waals surface area contributed by atoms with Crippen LogP contribution in [0.5, 0.6) is 0 Å². The van der Waals surface area contributed by atoms with Crippen molar-refractivity contribution in [2.75, 3.05) is 0 Å². The average Bonchev–Trinajstić information content (AvgIpc) is 2.93. The monoisotopic (exact) mass is 262 g/mol. The Morgan fingerprint density at radius 1 is 1.47 bits per heavy atom. The predicted molar refractivity (Wildman–Crippen MR) is 69.7 cm³/mol. The van der Waals surface area contributed by atoms with Crippen LogP contribution >= 0.6 is 0 Å². The summed E-state index contributed by atoms with van der Waals surface area (Å²) in [5, 5.41) is 6.65. The van der Waals surface area contributed by atoms with E-state index in [1.54, 1.807) is 12.3 Å². The van der Waals surface area contributed by atoms with Crippen molar-refractivity contribution in [3.8, 4) is 0 Å². The van der Waals surface area contributed by atoms with Crippen LogP contribution in [0, 0.1) is 6.92 Å². The highest BCUT2D eigenvalue weighted by Crippen LogP contribution is 2.18. The first kappa shape index (κ1) is 13.3. The van der Waals surface area contributed by atoms with Crippen LogP contribution in [0.1, 0.15) is 48.5 Å². The number of amides is 1. The molecule has 19 heavy (non-hydrogen) atoms. The number of aromatic nitrogens is 3. The molecule has 0 aliphatic heterocycles. The van der Waals surface area contributed by atoms with Gasteiger partial charge in [-0.3, -0.25) is 4.79 Å². The van der Waals surface area contributed by atoms with Crippen LogP contribution in [-0.4, -0.2) is 21.0 Å². The fourth-order valence-corrected chi connectivity index (χ4v) is 1.58. The maximum absolute atomic E-state index is 11.9. The molecule has 6 nitrogen and oxygen atoms in total. The minimum atomic E-state index is -0.164. The number of aromatic amines is 1. The molecule has 2 rings (SSSR count). The van der Waals surface area contributed by atoms with E-state index < -0.39 is 0 Å². The molecule has 6 heteroatoms. The van der Waals surface area contributed by atoms with Crippen LogP contribution in [0.2, 0.25) is 0 Å². The van der Waals surface area contributed by atoms with Crippen LogP contribution in [0.4, 0.5) is 0 Å². The number of nitrogens with one attached hydrogen (secondary N) is 2. The van der Waals surface area contributed by atoms with E-state index >= 15 is 0 Å². The average molecular weight is 262 g/mol. The lowest BCUT2D eigenvalue weighted by atomic mass is 9.96. The Morgan fingerprint density at radius 3 is 2.74 bits per heavy atom. The molecule has 0 unspecified atom stereocenters. The highest BCUT2D eigenvalue weighted by atomic mass is 16.5. The van der Waals surface area contributed by atoms with Gasteiger partial charge in [0.05, 0.1) is 12.1 Å². The highest BCUT2D eigenvalue weighted by molar-refractivity contribution is 5.95. The van der Waals surface area contributed by atoms with Gasteiger partial charge in [0.1, 0.15) is 0 Å². The number of hydrogen-bond donors (Lipinski definition) is 2. The minimum Gasteiger partial charge on any atom is -0.365 e. The molecule has 2 heterocycles. The molecule has 2 N–H and O–H groups in total. The lowest BCUT2D eigenvalue weighted by Crippen LogP contribution is -2.23. The summed E-state index contributed by atoms with van der Waals surface area (Å²) in [6.45, 7) is 8.09. The largest absolute Gasteiger partial charge is 0.365 e. The summed E-state index contributed by atoms with van der Waals surface area (Å²) in [6, 6.07) is 1.74. The fourth-order valence-electron chi connectivity index (χ4n) is 1.58. The van der Waals surface area contributed by atoms with E-state index in [2.05, 4.69) is 20.4 Å². The maximum atomic E-state index is 11.9. The topological polar surface area (TPSA) is 83.8 Å². The first-order chi connectivity index (χ1) is 8.88. The summed E-state index contributed by atoms with van der Waals surface area (Å²) in [6.07, 6.45) is 1.73. The molecule has 2 aromatic heterocycles. The van der Waals surface area contributed by atoms with Crippen LogP contribution in [0.3, 0.4) is 0 Å². The van der Waals surface area contributed by atoms with Gasteiger partial charge >= 0.3 is 0 Å². The van der Waals surface area contributed by atoms with E-state index in [1.165, 1.54) is 0 Å². The zero-order valence-electron chi connectivity index (χ0n) is 11.6. The van der Waals surface area contributed by atoms with Crippen molar-refractivity contribution in [3.63, 3.8) is 0 Å². The third-order valence-corrected chi connectivity index (χ3v) is 2.74. The van der Waals surface area contributed by atoms with Gasteiger partial charge in [-0.15, -0.1) is 0 Å². The third-order valence-electron chi connectivity index (χ3n) is 2.74. The molecular weight excluding hydrogens is 244 g/mol. The minimum absolute atomic E-state index is 0.158. The van der Waals surface area contributed by atoms with Crippen LogP contribution in [0.15, 0.2) is 16.8 Å². The van der Waals surface area contributed by atoms with Crippen molar-refractivity contribution in [1.82, 2.24) is 20.4 Å². The van der Waals surface area contributed by atoms with Crippen molar-refractivity contribution in [2.45, 2.75) is 39.7 Å². The number of H-pyrrole nitrogens is 1. The molecule has 0 aromatic carbocycles. The number of nitrogens with zero attached hydrogens (tertiary/aromatic N) is 2. The van der Waals surface area contributed by atoms with Gasteiger partial charge in [0, 0.05) is 17.3 Å². The Balaban J connectivity index is 1.98. The zero-order valence-corrected chi connectivity index (χ0v) is 11.6. The molecule has 0 aliphatic rings. The zero-order chi connectivity index (χ0) is 14.0. The predicted octanol–water partition coefficient (Wildman–Crippen LogP) is 1.93. The van der Waals surface area contributed by atoms with E-state index in [0.29, 0.717) is 17.3 Å². The van der Waals surface area contributed by atoms with Crippen molar-refractivity contribution >= 4 is 5.91 Å². The number of hydrogen-bond acceptors (Lipinski definition) is 4. The molecule has 0 aliphatic carbocycles. The van der Waals surface area contributed by atoms with Gasteiger partial charge in [-0.2, -0.15) is 4.98 Å². The molecule has 0 saturated carbocycles. The number of rotatable bonds is 3. The molecule has 1 amide bonds. The fraction of sp³-hybridized carbons (Fsp3) is 0.462. The summed E-state index contributed by atoms with van der Waals surface area (Å²) in [5.74, 6) is 0.885. The van der Waals surface area contributed by atoms with Crippen LogP contribution < -0.4 is 5.32 Å². The summed E-state index contributed by atoms with van der Waals surface area (Å²) in [5.41, 5.74) is 1.29. The van der Waals surface area contributed by atoms with Crippen LogP contribution in [0.25, 0.3) is 0 Å². The van der Waals surface area contributed by atoms with E-state index in [4.69, 9.17) is 4.52 Å². The Morgan fingerprint density at radius 2 is 2.21 bits per heavy atom. The molecule has 0 radical (unpaired) electrons. The normalized spacial score (nSPS) is 11.6. The lowest BCUT2D eigenvalue weighted by molar-refractivity contribution is 0.0946. The second-order valence-corrected chi connectivity index (χ2v) is 5.46. The Hall–Kier alpha value is -2.11. The second-order valence-electron chi connectivity index (χ2n) is 5.46. The van der Waals surface area contributed by atoms with Gasteiger partial charge in [-0.05, 0) is 13.0 Å². The number of aryl methyl sites for hydroxylation is 1. The van der Waals surface area contributed by atoms with E-state index in [1.807, 2.05) is 27.7 Å². The first-order valence-corrected chi connectivity index (χ1v) is 6.13. The van der Waals surface area contributed by atoms with E-state index in [-0.39, 0.29) is 17.9 Å². The van der Waals surface area contributed by atoms with Crippen molar-refractivity contribution in [2.24, 2.45) is 0 Å². The summed E-state index contributed by atoms with van der Waals surface area (Å²) >= 11 is 0. The highest BCUT2D eigenvalue weighted by Gasteiger charge is 2.21. The van der Waals surface area contributed by atoms with Gasteiger partial charge in [0.2, 0.25) is 5.89 Å². The van der Waals surface area contributed by atoms with Crippen molar-refractivity contribution in [1.29, 1.82) is 0 Å². The van der Waals surface area contributed by atoms with Crippen LogP contribution in [-0.2, 0) is 12.0 Å². The van der Waals surface area contributed by atoms with E-state index in [0.717, 1.165) is 5.69 Å². The van der Waals surface area contributed by atoms with E-state index in [9.17, 15) is 4.79 Å². The molecule has 102 valence electrons. The van der Waals surface area contributed by atoms with Crippen molar-refractivity contribution in [3.05, 3.63) is 35.2 Å². The lowest BCUT2D eigenvalue weighted by Gasteiger charge is -2.10. The van der Waals surface area contributed by atoms with Crippen molar-refractivity contribution < 1.29 is 9.32 Å². The first-order valence-electron chi connectivity index (χ1n) is 6.13. The Labute approximate surface area is 111 Å². The Bertz CT molecular complexity index is 577. The summed E-state index contributed by atoms with van der Waals surface area (Å²) in [7, 11) is 0. The molecule has 0 fully saturated rings. The maximum Gasteiger partial charge on any atom is 0.253 e. The molecular formula is C13H18N4O2.